The van der Waals surface area contributed by atoms with E-state index in [0.717, 1.165) is 26.3 Å². The minimum atomic E-state index is 0.617. The SMILES string of the molecule is C[C@@H]1C[C@H]1c1c(Cl)cc2[nH]ncc2c1Br. The molecule has 1 aromatic carbocycles. The van der Waals surface area contributed by atoms with Gasteiger partial charge in [-0.3, -0.25) is 5.10 Å². The Morgan fingerprint density at radius 3 is 3.00 bits per heavy atom. The zero-order valence-corrected chi connectivity index (χ0v) is 10.6. The van der Waals surface area contributed by atoms with Gasteiger partial charge in [-0.05, 0) is 45.8 Å². The number of fused-ring (bicyclic) bond motifs is 1. The Hall–Kier alpha value is -0.540. The van der Waals surface area contributed by atoms with Gasteiger partial charge in [-0.15, -0.1) is 0 Å². The molecule has 0 radical (unpaired) electrons. The summed E-state index contributed by atoms with van der Waals surface area (Å²) in [6.45, 7) is 2.26. The molecular formula is C11H10BrClN2. The molecule has 2 atom stereocenters. The van der Waals surface area contributed by atoms with Crippen molar-refractivity contribution in [2.75, 3.05) is 0 Å². The second kappa shape index (κ2) is 3.22. The van der Waals surface area contributed by atoms with E-state index < -0.39 is 0 Å². The summed E-state index contributed by atoms with van der Waals surface area (Å²) >= 11 is 9.92. The average Bonchev–Trinajstić information content (AvgIpc) is 2.73. The van der Waals surface area contributed by atoms with E-state index >= 15 is 0 Å². The standard InChI is InChI=1S/C11H10BrClN2/c1-5-2-6(5)10-8(13)3-9-7(11(10)12)4-14-15-9/h3-6H,2H2,1H3,(H,14,15)/t5-,6-/m1/s1. The second-order valence-electron chi connectivity index (χ2n) is 4.24. The van der Waals surface area contributed by atoms with Gasteiger partial charge < -0.3 is 0 Å². The molecule has 2 aromatic rings. The summed E-state index contributed by atoms with van der Waals surface area (Å²) in [5.41, 5.74) is 2.24. The van der Waals surface area contributed by atoms with Crippen molar-refractivity contribution in [1.29, 1.82) is 0 Å². The minimum Gasteiger partial charge on any atom is -0.278 e. The molecule has 1 aliphatic carbocycles. The number of aromatic amines is 1. The van der Waals surface area contributed by atoms with E-state index in [1.165, 1.54) is 12.0 Å². The Morgan fingerprint density at radius 1 is 1.60 bits per heavy atom. The molecule has 0 unspecified atom stereocenters. The van der Waals surface area contributed by atoms with Crippen LogP contribution in [0.3, 0.4) is 0 Å². The molecule has 1 N–H and O–H groups in total. The van der Waals surface area contributed by atoms with E-state index in [-0.39, 0.29) is 0 Å². The third-order valence-corrected chi connectivity index (χ3v) is 4.32. The highest BCUT2D eigenvalue weighted by atomic mass is 79.9. The van der Waals surface area contributed by atoms with Crippen LogP contribution in [0.5, 0.6) is 0 Å². The molecule has 78 valence electrons. The van der Waals surface area contributed by atoms with Gasteiger partial charge in [0.25, 0.3) is 0 Å². The summed E-state index contributed by atoms with van der Waals surface area (Å²) in [7, 11) is 0. The molecule has 0 aliphatic heterocycles. The minimum absolute atomic E-state index is 0.617. The summed E-state index contributed by atoms with van der Waals surface area (Å²) < 4.78 is 1.10. The van der Waals surface area contributed by atoms with Crippen LogP contribution in [0.25, 0.3) is 10.9 Å². The van der Waals surface area contributed by atoms with Crippen LogP contribution in [0.2, 0.25) is 5.02 Å². The highest BCUT2D eigenvalue weighted by Crippen LogP contribution is 2.52. The van der Waals surface area contributed by atoms with Crippen molar-refractivity contribution >= 4 is 38.4 Å². The maximum Gasteiger partial charge on any atom is 0.0676 e. The smallest absolute Gasteiger partial charge is 0.0676 e. The number of aromatic nitrogens is 2. The maximum absolute atomic E-state index is 6.29. The van der Waals surface area contributed by atoms with Crippen molar-refractivity contribution in [2.45, 2.75) is 19.3 Å². The molecule has 4 heteroatoms. The normalized spacial score (nSPS) is 24.7. The summed E-state index contributed by atoms with van der Waals surface area (Å²) in [5, 5.41) is 8.92. The first-order chi connectivity index (χ1) is 7.18. The molecule has 1 heterocycles. The lowest BCUT2D eigenvalue weighted by atomic mass is 10.1. The quantitative estimate of drug-likeness (QED) is 0.839. The number of hydrogen-bond acceptors (Lipinski definition) is 1. The predicted octanol–water partition coefficient (Wildman–Crippen LogP) is 4.10. The first-order valence-electron chi connectivity index (χ1n) is 4.99. The predicted molar refractivity (Wildman–Crippen MR) is 65.3 cm³/mol. The van der Waals surface area contributed by atoms with Crippen molar-refractivity contribution in [3.63, 3.8) is 0 Å². The summed E-state index contributed by atoms with van der Waals surface area (Å²) in [4.78, 5) is 0. The van der Waals surface area contributed by atoms with Crippen LogP contribution in [-0.4, -0.2) is 10.2 Å². The van der Waals surface area contributed by atoms with E-state index in [2.05, 4.69) is 33.1 Å². The monoisotopic (exact) mass is 284 g/mol. The molecule has 1 saturated carbocycles. The van der Waals surface area contributed by atoms with Crippen LogP contribution in [0.4, 0.5) is 0 Å². The van der Waals surface area contributed by atoms with E-state index in [1.54, 1.807) is 0 Å². The van der Waals surface area contributed by atoms with Crippen molar-refractivity contribution < 1.29 is 0 Å². The number of nitrogens with one attached hydrogen (secondary N) is 1. The zero-order valence-electron chi connectivity index (χ0n) is 8.22. The molecular weight excluding hydrogens is 275 g/mol. The van der Waals surface area contributed by atoms with Crippen LogP contribution in [0.15, 0.2) is 16.7 Å². The molecule has 1 fully saturated rings. The Balaban J connectivity index is 2.27. The molecule has 1 aliphatic rings. The van der Waals surface area contributed by atoms with Crippen molar-refractivity contribution in [3.05, 3.63) is 27.3 Å². The van der Waals surface area contributed by atoms with Crippen LogP contribution >= 0.6 is 27.5 Å². The molecule has 0 saturated heterocycles. The first-order valence-corrected chi connectivity index (χ1v) is 6.16. The van der Waals surface area contributed by atoms with E-state index in [4.69, 9.17) is 11.6 Å². The van der Waals surface area contributed by atoms with E-state index in [0.29, 0.717) is 5.92 Å². The number of benzene rings is 1. The molecule has 0 spiro atoms. The lowest BCUT2D eigenvalue weighted by molar-refractivity contribution is 0.913. The van der Waals surface area contributed by atoms with Gasteiger partial charge in [-0.25, -0.2) is 0 Å². The third kappa shape index (κ3) is 1.41. The van der Waals surface area contributed by atoms with Crippen molar-refractivity contribution in [3.8, 4) is 0 Å². The number of rotatable bonds is 1. The van der Waals surface area contributed by atoms with Gasteiger partial charge in [0.1, 0.15) is 0 Å². The van der Waals surface area contributed by atoms with Crippen molar-refractivity contribution in [1.82, 2.24) is 10.2 Å². The Kier molecular flexibility index (Phi) is 2.08. The second-order valence-corrected chi connectivity index (χ2v) is 5.44. The molecule has 0 bridgehead atoms. The van der Waals surface area contributed by atoms with Crippen LogP contribution in [0, 0.1) is 5.92 Å². The fourth-order valence-electron chi connectivity index (χ4n) is 2.10. The number of nitrogens with zero attached hydrogens (tertiary/aromatic N) is 1. The average molecular weight is 286 g/mol. The topological polar surface area (TPSA) is 28.7 Å². The van der Waals surface area contributed by atoms with Gasteiger partial charge in [-0.1, -0.05) is 18.5 Å². The van der Waals surface area contributed by atoms with Crippen LogP contribution < -0.4 is 0 Å². The van der Waals surface area contributed by atoms with Gasteiger partial charge in [0.05, 0.1) is 11.7 Å². The highest BCUT2D eigenvalue weighted by molar-refractivity contribution is 9.10. The van der Waals surface area contributed by atoms with Gasteiger partial charge in [-0.2, -0.15) is 5.10 Å². The lowest BCUT2D eigenvalue weighted by Gasteiger charge is -2.07. The fraction of sp³-hybridized carbons (Fsp3) is 0.364. The molecule has 0 amide bonds. The van der Waals surface area contributed by atoms with Gasteiger partial charge >= 0.3 is 0 Å². The van der Waals surface area contributed by atoms with Crippen LogP contribution in [0.1, 0.15) is 24.8 Å². The number of hydrogen-bond donors (Lipinski definition) is 1. The Bertz CT molecular complexity index is 535. The molecule has 2 nitrogen and oxygen atoms in total. The first kappa shape index (κ1) is 9.67. The maximum atomic E-state index is 6.29. The highest BCUT2D eigenvalue weighted by Gasteiger charge is 2.37. The number of H-pyrrole nitrogens is 1. The largest absolute Gasteiger partial charge is 0.278 e. The van der Waals surface area contributed by atoms with Gasteiger partial charge in [0.15, 0.2) is 0 Å². The van der Waals surface area contributed by atoms with Gasteiger partial charge in [0, 0.05) is 14.9 Å². The molecule has 15 heavy (non-hydrogen) atoms. The summed E-state index contributed by atoms with van der Waals surface area (Å²) in [6, 6.07) is 1.97. The van der Waals surface area contributed by atoms with Gasteiger partial charge in [0.2, 0.25) is 0 Å². The summed E-state index contributed by atoms with van der Waals surface area (Å²) in [5.74, 6) is 1.37. The molecule has 1 aromatic heterocycles. The lowest BCUT2D eigenvalue weighted by Crippen LogP contribution is -1.87. The molecule has 3 rings (SSSR count). The number of halogens is 2. The summed E-state index contributed by atoms with van der Waals surface area (Å²) in [6.07, 6.45) is 3.08. The van der Waals surface area contributed by atoms with Crippen molar-refractivity contribution in [2.24, 2.45) is 5.92 Å². The van der Waals surface area contributed by atoms with E-state index in [1.807, 2.05) is 12.3 Å². The van der Waals surface area contributed by atoms with E-state index in [9.17, 15) is 0 Å². The third-order valence-electron chi connectivity index (χ3n) is 3.15. The Morgan fingerprint density at radius 2 is 2.33 bits per heavy atom. The van der Waals surface area contributed by atoms with Crippen LogP contribution in [-0.2, 0) is 0 Å². The fourth-order valence-corrected chi connectivity index (χ4v) is 3.38. The Labute approximate surface area is 101 Å². The zero-order chi connectivity index (χ0) is 10.6.